The lowest BCUT2D eigenvalue weighted by atomic mass is 9.67. The smallest absolute Gasteiger partial charge is 0.229 e. The van der Waals surface area contributed by atoms with Crippen molar-refractivity contribution in [2.24, 2.45) is 11.3 Å². The van der Waals surface area contributed by atoms with E-state index in [1.807, 2.05) is 74.2 Å². The van der Waals surface area contributed by atoms with Crippen LogP contribution in [0, 0.1) is 11.3 Å². The summed E-state index contributed by atoms with van der Waals surface area (Å²) in [5.74, 6) is 0.267. The van der Waals surface area contributed by atoms with E-state index in [1.54, 1.807) is 0 Å². The SMILES string of the molecule is C=CC[C@@]1(C)C[C@H](c2cccc(Cl)c2)[C@@H](c2ccc(Cl)cc2)N([C@@H](CCS(=O)(=O)NC(C)C)C2CC2)C1=O. The molecule has 2 aromatic carbocycles. The summed E-state index contributed by atoms with van der Waals surface area (Å²) >= 11 is 12.7. The second-order valence-electron chi connectivity index (χ2n) is 11.4. The summed E-state index contributed by atoms with van der Waals surface area (Å²) in [6, 6.07) is 14.9. The Bertz CT molecular complexity index is 1260. The van der Waals surface area contributed by atoms with E-state index in [9.17, 15) is 13.2 Å². The first kappa shape index (κ1) is 29.1. The van der Waals surface area contributed by atoms with Gasteiger partial charge in [0.25, 0.3) is 0 Å². The third-order valence-electron chi connectivity index (χ3n) is 7.81. The van der Waals surface area contributed by atoms with Gasteiger partial charge in [0, 0.05) is 28.0 Å². The molecule has 0 radical (unpaired) electrons. The Morgan fingerprint density at radius 2 is 1.79 bits per heavy atom. The summed E-state index contributed by atoms with van der Waals surface area (Å²) in [6.07, 6.45) is 5.34. The van der Waals surface area contributed by atoms with Crippen molar-refractivity contribution in [3.05, 3.63) is 82.4 Å². The van der Waals surface area contributed by atoms with Gasteiger partial charge in [-0.2, -0.15) is 0 Å². The van der Waals surface area contributed by atoms with E-state index in [0.717, 1.165) is 24.0 Å². The standard InChI is InChI=1S/C30H38Cl2N2O3S/c1-5-16-30(4)19-26(23-7-6-8-25(32)18-23)28(22-11-13-24(31)14-12-22)34(29(30)35)27(21-9-10-21)15-17-38(36,37)33-20(2)3/h5-8,11-14,18,20-21,26-28,33H,1,9-10,15-17,19H2,2-4H3/t26-,27+,28-,30+/m1/s1. The second-order valence-corrected chi connectivity index (χ2v) is 14.2. The van der Waals surface area contributed by atoms with E-state index < -0.39 is 15.4 Å². The first-order valence-electron chi connectivity index (χ1n) is 13.4. The Hall–Kier alpha value is -1.86. The van der Waals surface area contributed by atoms with Crippen molar-refractivity contribution in [2.45, 2.75) is 76.9 Å². The van der Waals surface area contributed by atoms with E-state index in [2.05, 4.69) is 17.4 Å². The molecule has 0 aromatic heterocycles. The first-order chi connectivity index (χ1) is 17.9. The third kappa shape index (κ3) is 6.64. The molecule has 1 aliphatic heterocycles. The zero-order valence-electron chi connectivity index (χ0n) is 22.4. The second kappa shape index (κ2) is 11.7. The molecule has 0 spiro atoms. The van der Waals surface area contributed by atoms with Gasteiger partial charge in [-0.3, -0.25) is 4.79 Å². The Morgan fingerprint density at radius 3 is 2.37 bits per heavy atom. The molecule has 1 amide bonds. The van der Waals surface area contributed by atoms with E-state index in [4.69, 9.17) is 23.2 Å². The number of likely N-dealkylation sites (tertiary alicyclic amines) is 1. The molecule has 1 aliphatic carbocycles. The number of nitrogens with zero attached hydrogens (tertiary/aromatic N) is 1. The van der Waals surface area contributed by atoms with Crippen LogP contribution in [0.2, 0.25) is 10.0 Å². The largest absolute Gasteiger partial charge is 0.331 e. The lowest BCUT2D eigenvalue weighted by Crippen LogP contribution is -2.56. The average Bonchev–Trinajstić information content (AvgIpc) is 3.67. The molecule has 2 aliphatic rings. The molecule has 4 atom stereocenters. The molecule has 1 saturated heterocycles. The zero-order valence-corrected chi connectivity index (χ0v) is 24.7. The normalized spacial score (nSPS) is 25.0. The van der Waals surface area contributed by atoms with Crippen molar-refractivity contribution in [1.29, 1.82) is 0 Å². The Kier molecular flexibility index (Phi) is 8.98. The van der Waals surface area contributed by atoms with Crippen LogP contribution in [-0.2, 0) is 14.8 Å². The highest BCUT2D eigenvalue weighted by atomic mass is 35.5. The number of nitrogens with one attached hydrogen (secondary N) is 1. The molecule has 38 heavy (non-hydrogen) atoms. The molecular formula is C30H38Cl2N2O3S. The predicted octanol–water partition coefficient (Wildman–Crippen LogP) is 7.13. The van der Waals surface area contributed by atoms with Crippen LogP contribution in [0.5, 0.6) is 0 Å². The predicted molar refractivity (Wildman–Crippen MR) is 156 cm³/mol. The minimum atomic E-state index is -3.47. The minimum Gasteiger partial charge on any atom is -0.331 e. The summed E-state index contributed by atoms with van der Waals surface area (Å²) in [4.78, 5) is 16.5. The number of sulfonamides is 1. The molecule has 2 fully saturated rings. The van der Waals surface area contributed by atoms with Gasteiger partial charge in [0.1, 0.15) is 0 Å². The van der Waals surface area contributed by atoms with Crippen molar-refractivity contribution in [1.82, 2.24) is 9.62 Å². The van der Waals surface area contributed by atoms with Crippen LogP contribution in [0.3, 0.4) is 0 Å². The van der Waals surface area contributed by atoms with Gasteiger partial charge < -0.3 is 4.90 Å². The molecule has 5 nitrogen and oxygen atoms in total. The minimum absolute atomic E-state index is 0.0243. The fraction of sp³-hybridized carbons (Fsp3) is 0.500. The quantitative estimate of drug-likeness (QED) is 0.289. The summed E-state index contributed by atoms with van der Waals surface area (Å²) in [6.45, 7) is 9.60. The van der Waals surface area contributed by atoms with Crippen LogP contribution >= 0.6 is 23.2 Å². The van der Waals surface area contributed by atoms with Crippen molar-refractivity contribution in [3.63, 3.8) is 0 Å². The van der Waals surface area contributed by atoms with E-state index in [-0.39, 0.29) is 41.6 Å². The molecular weight excluding hydrogens is 539 g/mol. The number of rotatable bonds is 11. The van der Waals surface area contributed by atoms with Gasteiger partial charge in [0.2, 0.25) is 15.9 Å². The Labute approximate surface area is 237 Å². The highest BCUT2D eigenvalue weighted by Crippen LogP contribution is 2.54. The molecule has 1 heterocycles. The summed E-state index contributed by atoms with van der Waals surface area (Å²) in [5.41, 5.74) is 1.39. The summed E-state index contributed by atoms with van der Waals surface area (Å²) in [5, 5.41) is 1.28. The van der Waals surface area contributed by atoms with Crippen molar-refractivity contribution < 1.29 is 13.2 Å². The monoisotopic (exact) mass is 576 g/mol. The number of hydrogen-bond acceptors (Lipinski definition) is 3. The highest BCUT2D eigenvalue weighted by molar-refractivity contribution is 7.89. The molecule has 0 unspecified atom stereocenters. The summed E-state index contributed by atoms with van der Waals surface area (Å²) in [7, 11) is -3.47. The topological polar surface area (TPSA) is 66.5 Å². The van der Waals surface area contributed by atoms with E-state index in [1.165, 1.54) is 0 Å². The van der Waals surface area contributed by atoms with Crippen LogP contribution in [0.15, 0.2) is 61.2 Å². The molecule has 206 valence electrons. The fourth-order valence-corrected chi connectivity index (χ4v) is 7.74. The van der Waals surface area contributed by atoms with Gasteiger partial charge in [-0.05, 0) is 87.3 Å². The number of benzene rings is 2. The van der Waals surface area contributed by atoms with Crippen LogP contribution in [0.1, 0.15) is 76.0 Å². The molecule has 2 aromatic rings. The summed E-state index contributed by atoms with van der Waals surface area (Å²) < 4.78 is 28.4. The van der Waals surface area contributed by atoms with Gasteiger partial charge in [-0.15, -0.1) is 6.58 Å². The van der Waals surface area contributed by atoms with Crippen molar-refractivity contribution in [3.8, 4) is 0 Å². The maximum atomic E-state index is 14.5. The third-order valence-corrected chi connectivity index (χ3v) is 9.90. The molecule has 1 saturated carbocycles. The number of hydrogen-bond donors (Lipinski definition) is 1. The molecule has 8 heteroatoms. The van der Waals surface area contributed by atoms with E-state index >= 15 is 0 Å². The van der Waals surface area contributed by atoms with Crippen LogP contribution < -0.4 is 4.72 Å². The van der Waals surface area contributed by atoms with E-state index in [0.29, 0.717) is 29.3 Å². The number of carbonyl (C=O) groups excluding carboxylic acids is 1. The average molecular weight is 578 g/mol. The Morgan fingerprint density at radius 1 is 1.11 bits per heavy atom. The molecule has 0 bridgehead atoms. The van der Waals surface area contributed by atoms with Crippen LogP contribution in [-0.4, -0.2) is 37.1 Å². The maximum absolute atomic E-state index is 14.5. The number of piperidine rings is 1. The lowest BCUT2D eigenvalue weighted by Gasteiger charge is -2.52. The number of amides is 1. The number of allylic oxidation sites excluding steroid dienone is 1. The van der Waals surface area contributed by atoms with Gasteiger partial charge in [0.15, 0.2) is 0 Å². The van der Waals surface area contributed by atoms with Gasteiger partial charge in [-0.1, -0.05) is 60.5 Å². The van der Waals surface area contributed by atoms with Gasteiger partial charge in [-0.25, -0.2) is 13.1 Å². The van der Waals surface area contributed by atoms with Crippen LogP contribution in [0.4, 0.5) is 0 Å². The van der Waals surface area contributed by atoms with Crippen molar-refractivity contribution in [2.75, 3.05) is 5.75 Å². The zero-order chi connectivity index (χ0) is 27.7. The molecule has 4 rings (SSSR count). The van der Waals surface area contributed by atoms with Crippen LogP contribution in [0.25, 0.3) is 0 Å². The van der Waals surface area contributed by atoms with Gasteiger partial charge in [0.05, 0.1) is 17.2 Å². The Balaban J connectivity index is 1.84. The number of carbonyl (C=O) groups is 1. The lowest BCUT2D eigenvalue weighted by molar-refractivity contribution is -0.155. The van der Waals surface area contributed by atoms with Crippen molar-refractivity contribution >= 4 is 39.1 Å². The molecule has 1 N–H and O–H groups in total. The maximum Gasteiger partial charge on any atom is 0.229 e. The van der Waals surface area contributed by atoms with Gasteiger partial charge >= 0.3 is 0 Å². The number of halogens is 2. The highest BCUT2D eigenvalue weighted by Gasteiger charge is 2.53. The fourth-order valence-electron chi connectivity index (χ4n) is 6.03. The first-order valence-corrected chi connectivity index (χ1v) is 15.8.